The second-order valence-electron chi connectivity index (χ2n) is 14.2. The van der Waals surface area contributed by atoms with Gasteiger partial charge in [0.1, 0.15) is 11.2 Å². The van der Waals surface area contributed by atoms with Crippen LogP contribution < -0.4 is 0 Å². The Bertz CT molecular complexity index is 3300. The first-order chi connectivity index (χ1) is 28.2. The minimum absolute atomic E-state index is 0.609. The summed E-state index contributed by atoms with van der Waals surface area (Å²) >= 11 is 0. The number of rotatable bonds is 6. The number of furan rings is 1. The summed E-state index contributed by atoms with van der Waals surface area (Å²) < 4.78 is 6.39. The third-order valence-electron chi connectivity index (χ3n) is 10.8. The summed E-state index contributed by atoms with van der Waals surface area (Å²) in [6, 6.07) is 65.1. The third-order valence-corrected chi connectivity index (χ3v) is 10.8. The molecule has 0 N–H and O–H groups in total. The molecule has 0 aliphatic carbocycles. The molecule has 8 aromatic carbocycles. The van der Waals surface area contributed by atoms with Crippen LogP contribution in [-0.4, -0.2) is 19.9 Å². The number of benzene rings is 8. The van der Waals surface area contributed by atoms with E-state index in [9.17, 15) is 0 Å². The summed E-state index contributed by atoms with van der Waals surface area (Å²) in [4.78, 5) is 19.9. The average molecular weight is 729 g/mol. The number of aromatic nitrogens is 4. The molecule has 0 aliphatic heterocycles. The number of nitrogens with zero attached hydrogens (tertiary/aromatic N) is 4. The molecule has 266 valence electrons. The highest BCUT2D eigenvalue weighted by atomic mass is 16.3. The maximum Gasteiger partial charge on any atom is 0.164 e. The molecule has 0 saturated carbocycles. The molecule has 0 bridgehead atoms. The van der Waals surface area contributed by atoms with Gasteiger partial charge in [-0.3, -0.25) is 4.98 Å². The minimum atomic E-state index is 0.609. The third kappa shape index (κ3) is 5.81. The van der Waals surface area contributed by atoms with Crippen molar-refractivity contribution in [2.75, 3.05) is 0 Å². The Hall–Kier alpha value is -7.76. The second kappa shape index (κ2) is 13.5. The molecular formula is C52H32N4O. The number of pyridine rings is 1. The molecule has 0 unspecified atom stereocenters. The molecule has 0 aliphatic rings. The second-order valence-corrected chi connectivity index (χ2v) is 14.2. The molecule has 0 amide bonds. The molecule has 0 fully saturated rings. The highest BCUT2D eigenvalue weighted by molar-refractivity contribution is 6.10. The van der Waals surface area contributed by atoms with Crippen LogP contribution in [0.4, 0.5) is 0 Å². The quantitative estimate of drug-likeness (QED) is 0.171. The van der Waals surface area contributed by atoms with Gasteiger partial charge in [-0.05, 0) is 68.9 Å². The molecule has 0 spiro atoms. The number of hydrogen-bond donors (Lipinski definition) is 0. The fourth-order valence-electron chi connectivity index (χ4n) is 8.00. The van der Waals surface area contributed by atoms with E-state index in [0.717, 1.165) is 88.3 Å². The van der Waals surface area contributed by atoms with Crippen molar-refractivity contribution in [3.8, 4) is 67.5 Å². The molecule has 0 radical (unpaired) electrons. The fourth-order valence-corrected chi connectivity index (χ4v) is 8.00. The van der Waals surface area contributed by atoms with Gasteiger partial charge in [0.2, 0.25) is 0 Å². The molecule has 0 atom stereocenters. The van der Waals surface area contributed by atoms with E-state index >= 15 is 0 Å². The van der Waals surface area contributed by atoms with E-state index in [1.165, 1.54) is 5.39 Å². The molecular weight excluding hydrogens is 697 g/mol. The first-order valence-electron chi connectivity index (χ1n) is 19.0. The van der Waals surface area contributed by atoms with Crippen molar-refractivity contribution in [1.29, 1.82) is 0 Å². The maximum atomic E-state index is 6.39. The van der Waals surface area contributed by atoms with Crippen LogP contribution in [0.1, 0.15) is 0 Å². The van der Waals surface area contributed by atoms with E-state index in [1.54, 1.807) is 0 Å². The van der Waals surface area contributed by atoms with E-state index in [1.807, 2.05) is 54.7 Å². The number of para-hydroxylation sites is 2. The zero-order chi connectivity index (χ0) is 37.7. The van der Waals surface area contributed by atoms with Gasteiger partial charge in [-0.15, -0.1) is 0 Å². The van der Waals surface area contributed by atoms with Gasteiger partial charge >= 0.3 is 0 Å². The van der Waals surface area contributed by atoms with Gasteiger partial charge in [0.25, 0.3) is 0 Å². The van der Waals surface area contributed by atoms with Gasteiger partial charge in [0.05, 0.1) is 5.52 Å². The summed E-state index contributed by atoms with van der Waals surface area (Å²) in [7, 11) is 0. The topological polar surface area (TPSA) is 64.7 Å². The molecule has 57 heavy (non-hydrogen) atoms. The van der Waals surface area contributed by atoms with Gasteiger partial charge < -0.3 is 4.42 Å². The lowest BCUT2D eigenvalue weighted by Crippen LogP contribution is -2.00. The normalized spacial score (nSPS) is 11.5. The Kier molecular flexibility index (Phi) is 7.74. The molecule has 3 heterocycles. The van der Waals surface area contributed by atoms with Crippen LogP contribution in [0.25, 0.3) is 111 Å². The predicted molar refractivity (Wildman–Crippen MR) is 233 cm³/mol. The Morgan fingerprint density at radius 1 is 0.351 bits per heavy atom. The van der Waals surface area contributed by atoms with E-state index < -0.39 is 0 Å². The zero-order valence-corrected chi connectivity index (χ0v) is 30.7. The van der Waals surface area contributed by atoms with Gasteiger partial charge in [0.15, 0.2) is 17.5 Å². The van der Waals surface area contributed by atoms with E-state index in [-0.39, 0.29) is 0 Å². The lowest BCUT2D eigenvalue weighted by molar-refractivity contribution is 0.670. The van der Waals surface area contributed by atoms with E-state index in [4.69, 9.17) is 24.4 Å². The van der Waals surface area contributed by atoms with Crippen molar-refractivity contribution < 1.29 is 4.42 Å². The highest BCUT2D eigenvalue weighted by Gasteiger charge is 2.18. The van der Waals surface area contributed by atoms with Gasteiger partial charge in [-0.2, -0.15) is 0 Å². The van der Waals surface area contributed by atoms with Crippen LogP contribution in [0.5, 0.6) is 0 Å². The molecule has 11 aromatic rings. The Labute approximate surface area is 328 Å². The van der Waals surface area contributed by atoms with E-state index in [2.05, 4.69) is 140 Å². The average Bonchev–Trinajstić information content (AvgIpc) is 3.68. The smallest absolute Gasteiger partial charge is 0.164 e. The first kappa shape index (κ1) is 32.7. The van der Waals surface area contributed by atoms with Crippen molar-refractivity contribution in [2.45, 2.75) is 0 Å². The predicted octanol–water partition coefficient (Wildman–Crippen LogP) is 13.5. The first-order valence-corrected chi connectivity index (χ1v) is 19.0. The largest absolute Gasteiger partial charge is 0.455 e. The van der Waals surface area contributed by atoms with Crippen LogP contribution >= 0.6 is 0 Å². The van der Waals surface area contributed by atoms with Crippen molar-refractivity contribution in [2.24, 2.45) is 0 Å². The Balaban J connectivity index is 1.04. The van der Waals surface area contributed by atoms with Crippen molar-refractivity contribution in [1.82, 2.24) is 19.9 Å². The van der Waals surface area contributed by atoms with Crippen LogP contribution in [0.3, 0.4) is 0 Å². The molecule has 11 rings (SSSR count). The Morgan fingerprint density at radius 3 is 1.81 bits per heavy atom. The van der Waals surface area contributed by atoms with Crippen LogP contribution in [0, 0.1) is 0 Å². The van der Waals surface area contributed by atoms with Crippen molar-refractivity contribution in [3.05, 3.63) is 194 Å². The monoisotopic (exact) mass is 728 g/mol. The minimum Gasteiger partial charge on any atom is -0.455 e. The zero-order valence-electron chi connectivity index (χ0n) is 30.7. The molecule has 3 aromatic heterocycles. The summed E-state index contributed by atoms with van der Waals surface area (Å²) in [5.74, 6) is 1.86. The standard InChI is InChI=1S/C52H32N4O/c1-2-12-36(13-3-1)50-54-51(56-52(55-50)40-27-22-33-11-4-5-14-37(33)31-40)39-16-8-15-38(32-39)48-41(28-29-46-45(48)20-10-30-53-46)34-23-25-35(26-24-34)42-18-9-19-44-43-17-6-7-21-47(43)57-49(42)44/h1-32H. The fraction of sp³-hybridized carbons (Fsp3) is 0. The number of hydrogen-bond acceptors (Lipinski definition) is 5. The van der Waals surface area contributed by atoms with Gasteiger partial charge in [-0.1, -0.05) is 158 Å². The number of fused-ring (bicyclic) bond motifs is 5. The van der Waals surface area contributed by atoms with Crippen molar-refractivity contribution >= 4 is 43.6 Å². The molecule has 5 heteroatoms. The summed E-state index contributed by atoms with van der Waals surface area (Å²) in [6.45, 7) is 0. The van der Waals surface area contributed by atoms with E-state index in [0.29, 0.717) is 17.5 Å². The van der Waals surface area contributed by atoms with Crippen LogP contribution in [-0.2, 0) is 0 Å². The summed E-state index contributed by atoms with van der Waals surface area (Å²) in [6.07, 6.45) is 1.85. The van der Waals surface area contributed by atoms with Gasteiger partial charge in [0, 0.05) is 44.6 Å². The Morgan fingerprint density at radius 2 is 0.965 bits per heavy atom. The lowest BCUT2D eigenvalue weighted by atomic mass is 9.89. The lowest BCUT2D eigenvalue weighted by Gasteiger charge is -2.15. The van der Waals surface area contributed by atoms with Gasteiger partial charge in [-0.25, -0.2) is 15.0 Å². The maximum absolute atomic E-state index is 6.39. The molecule has 5 nitrogen and oxygen atoms in total. The SMILES string of the molecule is c1ccc(-c2nc(-c3cccc(-c4c(-c5ccc(-c6cccc7c6oc6ccccc67)cc5)ccc5ncccc45)c3)nc(-c3ccc4ccccc4c3)n2)cc1. The summed E-state index contributed by atoms with van der Waals surface area (Å²) in [5.41, 5.74) is 12.0. The van der Waals surface area contributed by atoms with Crippen LogP contribution in [0.15, 0.2) is 199 Å². The van der Waals surface area contributed by atoms with Crippen molar-refractivity contribution in [3.63, 3.8) is 0 Å². The van der Waals surface area contributed by atoms with Crippen LogP contribution in [0.2, 0.25) is 0 Å². The molecule has 0 saturated heterocycles. The highest BCUT2D eigenvalue weighted by Crippen LogP contribution is 2.41. The summed E-state index contributed by atoms with van der Waals surface area (Å²) in [5, 5.41) is 5.62.